The van der Waals surface area contributed by atoms with Gasteiger partial charge in [-0.05, 0) is 80.6 Å². The van der Waals surface area contributed by atoms with Crippen LogP contribution in [-0.2, 0) is 35.1 Å². The molecule has 1 aliphatic heterocycles. The Morgan fingerprint density at radius 2 is 1.64 bits per heavy atom. The molecule has 0 aromatic heterocycles. The number of piperidine rings is 1. The van der Waals surface area contributed by atoms with Gasteiger partial charge >= 0.3 is 6.09 Å². The molecule has 4 atom stereocenters. The van der Waals surface area contributed by atoms with Gasteiger partial charge in [0.1, 0.15) is 29.8 Å². The molecule has 1 N–H and O–H groups in total. The number of rotatable bonds is 15. The summed E-state index contributed by atoms with van der Waals surface area (Å²) in [5, 5.41) is 12.9. The molecule has 1 fully saturated rings. The summed E-state index contributed by atoms with van der Waals surface area (Å²) in [6, 6.07) is 25.7. The highest BCUT2D eigenvalue weighted by Crippen LogP contribution is 2.36. The second-order valence-corrected chi connectivity index (χ2v) is 15.6. The van der Waals surface area contributed by atoms with Crippen molar-refractivity contribution < 1.29 is 46.2 Å². The van der Waals surface area contributed by atoms with Gasteiger partial charge in [-0.1, -0.05) is 66.7 Å². The third-order valence-electron chi connectivity index (χ3n) is 8.68. The molecular formula is C41H49NO10S. The van der Waals surface area contributed by atoms with Crippen molar-refractivity contribution in [1.82, 2.24) is 4.90 Å². The van der Waals surface area contributed by atoms with Crippen LogP contribution >= 0.6 is 0 Å². The second kappa shape index (κ2) is 17.6. The first-order valence-electron chi connectivity index (χ1n) is 17.5. The minimum atomic E-state index is -4.11. The molecule has 5 rings (SSSR count). The Labute approximate surface area is 312 Å². The number of likely N-dealkylation sites (tertiary alicyclic amines) is 1. The number of carbonyl (C=O) groups is 1. The van der Waals surface area contributed by atoms with Crippen molar-refractivity contribution in [3.63, 3.8) is 0 Å². The average molecular weight is 748 g/mol. The monoisotopic (exact) mass is 747 g/mol. The number of fused-ring (bicyclic) bond motifs is 1. The maximum Gasteiger partial charge on any atom is 0.410 e. The van der Waals surface area contributed by atoms with Gasteiger partial charge < -0.3 is 33.7 Å². The molecule has 0 radical (unpaired) electrons. The molecule has 284 valence electrons. The maximum absolute atomic E-state index is 13.5. The molecule has 0 aliphatic carbocycles. The number of aliphatic hydroxyl groups excluding tert-OH is 1. The standard InChI is InChI=1S/C41H49NO10S/c1-7-20-48-33-16-14-30(15-17-33)39-37(49-25-29-21-31-10-8-9-11-35(31)36(22-29)47-6)23-42(40(44)52-41(3,4)5)24-38(39)50-26-32(43)27-51-53(45,46)34-18-12-28(2)13-19-34/h7-19,21-22,32,37-39,43H,1,20,23-27H2,2-6H3/t32-,37-,38+,39+/m0/s1. The Morgan fingerprint density at radius 3 is 2.30 bits per heavy atom. The number of nitrogens with zero attached hydrogens (tertiary/aromatic N) is 1. The molecule has 4 aromatic rings. The number of hydrogen-bond acceptors (Lipinski definition) is 10. The number of benzene rings is 4. The van der Waals surface area contributed by atoms with Gasteiger partial charge in [0.15, 0.2) is 0 Å². The number of amides is 1. The van der Waals surface area contributed by atoms with Gasteiger partial charge in [-0.3, -0.25) is 4.18 Å². The minimum Gasteiger partial charge on any atom is -0.496 e. The lowest BCUT2D eigenvalue weighted by Crippen LogP contribution is -2.55. The number of hydrogen-bond donors (Lipinski definition) is 1. The molecule has 1 saturated heterocycles. The second-order valence-electron chi connectivity index (χ2n) is 14.0. The van der Waals surface area contributed by atoms with Gasteiger partial charge in [-0.2, -0.15) is 8.42 Å². The molecule has 4 aromatic carbocycles. The lowest BCUT2D eigenvalue weighted by Gasteiger charge is -2.44. The van der Waals surface area contributed by atoms with E-state index in [0.717, 1.165) is 27.5 Å². The predicted octanol–water partition coefficient (Wildman–Crippen LogP) is 6.79. The largest absolute Gasteiger partial charge is 0.496 e. The molecule has 0 spiro atoms. The van der Waals surface area contributed by atoms with E-state index in [4.69, 9.17) is 27.9 Å². The lowest BCUT2D eigenvalue weighted by atomic mass is 9.84. The number of aryl methyl sites for hydroxylation is 1. The zero-order valence-electron chi connectivity index (χ0n) is 30.9. The molecular weight excluding hydrogens is 699 g/mol. The summed E-state index contributed by atoms with van der Waals surface area (Å²) >= 11 is 0. The van der Waals surface area contributed by atoms with Gasteiger partial charge in [0.2, 0.25) is 0 Å². The van der Waals surface area contributed by atoms with E-state index in [0.29, 0.717) is 18.1 Å². The van der Waals surface area contributed by atoms with Crippen LogP contribution in [0.1, 0.15) is 43.4 Å². The van der Waals surface area contributed by atoms with Crippen molar-refractivity contribution in [3.05, 3.63) is 114 Å². The summed E-state index contributed by atoms with van der Waals surface area (Å²) in [5.41, 5.74) is 1.89. The van der Waals surface area contributed by atoms with Crippen LogP contribution in [0.25, 0.3) is 10.8 Å². The quantitative estimate of drug-likeness (QED) is 0.103. The molecule has 1 aliphatic rings. The van der Waals surface area contributed by atoms with Crippen molar-refractivity contribution in [2.45, 2.75) is 69.0 Å². The summed E-state index contributed by atoms with van der Waals surface area (Å²) in [4.78, 5) is 15.1. The maximum atomic E-state index is 13.5. The summed E-state index contributed by atoms with van der Waals surface area (Å²) < 4.78 is 61.0. The van der Waals surface area contributed by atoms with E-state index in [2.05, 4.69) is 6.58 Å². The Morgan fingerprint density at radius 1 is 0.962 bits per heavy atom. The van der Waals surface area contributed by atoms with E-state index < -0.39 is 52.6 Å². The summed E-state index contributed by atoms with van der Waals surface area (Å²) in [6.45, 7) is 11.0. The van der Waals surface area contributed by atoms with Crippen LogP contribution in [0.15, 0.2) is 102 Å². The van der Waals surface area contributed by atoms with Crippen LogP contribution in [-0.4, -0.2) is 88.5 Å². The van der Waals surface area contributed by atoms with Gasteiger partial charge in [0.25, 0.3) is 10.1 Å². The number of methoxy groups -OCH3 is 1. The van der Waals surface area contributed by atoms with Crippen molar-refractivity contribution in [2.75, 3.05) is 40.0 Å². The topological polar surface area (TPSA) is 130 Å². The van der Waals surface area contributed by atoms with Crippen LogP contribution in [0.3, 0.4) is 0 Å². The van der Waals surface area contributed by atoms with E-state index in [1.165, 1.54) is 12.1 Å². The SMILES string of the molecule is C=CCOc1ccc([C@@H]2[C@@H](OCc3cc(OC)c4ccccc4c3)CN(C(=O)OC(C)(C)C)C[C@H]2OC[C@H](O)COS(=O)(=O)c2ccc(C)cc2)cc1. The van der Waals surface area contributed by atoms with Crippen molar-refractivity contribution in [1.29, 1.82) is 0 Å². The molecule has 12 heteroatoms. The first-order valence-corrected chi connectivity index (χ1v) is 18.9. The fraction of sp³-hybridized carbons (Fsp3) is 0.390. The van der Waals surface area contributed by atoms with Gasteiger partial charge in [0, 0.05) is 11.3 Å². The Balaban J connectivity index is 1.41. The van der Waals surface area contributed by atoms with E-state index >= 15 is 0 Å². The predicted molar refractivity (Wildman–Crippen MR) is 202 cm³/mol. The molecule has 1 heterocycles. The number of carbonyl (C=O) groups excluding carboxylic acids is 1. The van der Waals surface area contributed by atoms with Crippen LogP contribution in [0.5, 0.6) is 11.5 Å². The Hall–Kier alpha value is -4.46. The smallest absolute Gasteiger partial charge is 0.410 e. The van der Waals surface area contributed by atoms with E-state index in [-0.39, 0.29) is 31.2 Å². The van der Waals surface area contributed by atoms with Crippen LogP contribution in [0, 0.1) is 6.92 Å². The van der Waals surface area contributed by atoms with Crippen LogP contribution < -0.4 is 9.47 Å². The van der Waals surface area contributed by atoms with Gasteiger partial charge in [-0.25, -0.2) is 4.79 Å². The van der Waals surface area contributed by atoms with Crippen LogP contribution in [0.4, 0.5) is 4.79 Å². The molecule has 0 saturated carbocycles. The highest BCUT2D eigenvalue weighted by Gasteiger charge is 2.42. The highest BCUT2D eigenvalue weighted by atomic mass is 32.2. The third-order valence-corrected chi connectivity index (χ3v) is 9.98. The average Bonchev–Trinajstić information content (AvgIpc) is 3.13. The van der Waals surface area contributed by atoms with Gasteiger partial charge in [-0.15, -0.1) is 0 Å². The molecule has 11 nitrogen and oxygen atoms in total. The third kappa shape index (κ3) is 10.8. The van der Waals surface area contributed by atoms with Crippen molar-refractivity contribution in [2.24, 2.45) is 0 Å². The van der Waals surface area contributed by atoms with Crippen molar-refractivity contribution in [3.8, 4) is 11.5 Å². The Kier molecular flexibility index (Phi) is 13.2. The number of aliphatic hydroxyl groups is 1. The summed E-state index contributed by atoms with van der Waals surface area (Å²) in [6.07, 6.45) is -1.46. The first kappa shape index (κ1) is 39.7. The fourth-order valence-corrected chi connectivity index (χ4v) is 7.09. The molecule has 1 amide bonds. The summed E-state index contributed by atoms with van der Waals surface area (Å²) in [5.74, 6) is 0.948. The highest BCUT2D eigenvalue weighted by molar-refractivity contribution is 7.86. The van der Waals surface area contributed by atoms with E-state index in [1.807, 2.05) is 67.6 Å². The Bertz CT molecular complexity index is 1940. The van der Waals surface area contributed by atoms with E-state index in [9.17, 15) is 18.3 Å². The molecule has 53 heavy (non-hydrogen) atoms. The fourth-order valence-electron chi connectivity index (χ4n) is 6.15. The van der Waals surface area contributed by atoms with E-state index in [1.54, 1.807) is 51.0 Å². The summed E-state index contributed by atoms with van der Waals surface area (Å²) in [7, 11) is -2.48. The first-order chi connectivity index (χ1) is 25.3. The number of ether oxygens (including phenoxy) is 5. The van der Waals surface area contributed by atoms with Crippen molar-refractivity contribution >= 4 is 27.0 Å². The van der Waals surface area contributed by atoms with Gasteiger partial charge in [0.05, 0.1) is 57.1 Å². The molecule has 0 unspecified atom stereocenters. The zero-order chi connectivity index (χ0) is 38.2. The zero-order valence-corrected chi connectivity index (χ0v) is 31.7. The molecule has 0 bridgehead atoms. The lowest BCUT2D eigenvalue weighted by molar-refractivity contribution is -0.110. The van der Waals surface area contributed by atoms with Crippen LogP contribution in [0.2, 0.25) is 0 Å². The minimum absolute atomic E-state index is 0.0129. The normalized spacial score (nSPS) is 18.4.